The number of hydrogen-bond acceptors (Lipinski definition) is 7. The van der Waals surface area contributed by atoms with Crippen molar-refractivity contribution in [1.82, 2.24) is 15.0 Å². The Morgan fingerprint density at radius 2 is 2.03 bits per heavy atom. The normalized spacial score (nSPS) is 20.7. The van der Waals surface area contributed by atoms with Crippen LogP contribution in [0.1, 0.15) is 36.1 Å². The van der Waals surface area contributed by atoms with Gasteiger partial charge in [0.2, 0.25) is 0 Å². The number of nitrogens with zero attached hydrogens (tertiary/aromatic N) is 4. The summed E-state index contributed by atoms with van der Waals surface area (Å²) in [6.45, 7) is 2.98. The Morgan fingerprint density at radius 1 is 1.22 bits per heavy atom. The number of ether oxygens (including phenoxy) is 1. The molecule has 1 aromatic heterocycles. The van der Waals surface area contributed by atoms with E-state index < -0.39 is 23.5 Å². The largest absolute Gasteiger partial charge is 0.447 e. The average molecular weight is 504 g/mol. The third-order valence-corrected chi connectivity index (χ3v) is 6.99. The van der Waals surface area contributed by atoms with Crippen LogP contribution in [0.5, 0.6) is 0 Å². The first kappa shape index (κ1) is 24.7. The molecule has 5 rings (SSSR count). The number of anilines is 2. The minimum absolute atomic E-state index is 0.0666. The molecule has 0 spiro atoms. The molecule has 1 saturated heterocycles. The van der Waals surface area contributed by atoms with Crippen molar-refractivity contribution in [3.63, 3.8) is 0 Å². The third kappa shape index (κ3) is 4.61. The lowest BCUT2D eigenvalue weighted by molar-refractivity contribution is -0.137. The van der Waals surface area contributed by atoms with Crippen molar-refractivity contribution in [2.75, 3.05) is 30.0 Å². The number of nitrogens with one attached hydrogen (secondary N) is 1. The maximum atomic E-state index is 12.8. The first-order chi connectivity index (χ1) is 17.9. The van der Waals surface area contributed by atoms with Crippen molar-refractivity contribution < 1.29 is 24.5 Å². The van der Waals surface area contributed by atoms with E-state index in [9.17, 15) is 19.8 Å². The zero-order chi connectivity index (χ0) is 26.0. The quantitative estimate of drug-likeness (QED) is 0.383. The van der Waals surface area contributed by atoms with E-state index in [2.05, 4.69) is 15.6 Å². The van der Waals surface area contributed by atoms with Gasteiger partial charge in [0.15, 0.2) is 5.60 Å². The Hall–Kier alpha value is -4.02. The Kier molecular flexibility index (Phi) is 6.77. The van der Waals surface area contributed by atoms with Gasteiger partial charge in [-0.3, -0.25) is 14.4 Å². The highest BCUT2D eigenvalue weighted by molar-refractivity contribution is 6.06. The predicted octanol–water partition coefficient (Wildman–Crippen LogP) is 2.78. The molecular formula is C27H29N5O5. The van der Waals surface area contributed by atoms with Crippen LogP contribution in [0.3, 0.4) is 0 Å². The summed E-state index contributed by atoms with van der Waals surface area (Å²) in [4.78, 5) is 26.3. The molecule has 10 heteroatoms. The molecular weight excluding hydrogens is 474 g/mol. The lowest BCUT2D eigenvalue weighted by Crippen LogP contribution is -2.39. The van der Waals surface area contributed by atoms with Gasteiger partial charge in [-0.1, -0.05) is 54.6 Å². The van der Waals surface area contributed by atoms with E-state index in [0.29, 0.717) is 48.7 Å². The van der Waals surface area contributed by atoms with E-state index in [4.69, 9.17) is 4.74 Å². The summed E-state index contributed by atoms with van der Waals surface area (Å²) in [6, 6.07) is 14.8. The highest BCUT2D eigenvalue weighted by Crippen LogP contribution is 2.43. The molecule has 0 radical (unpaired) electrons. The molecule has 0 bridgehead atoms. The average Bonchev–Trinajstić information content (AvgIpc) is 3.62. The Labute approximate surface area is 214 Å². The number of aliphatic hydroxyl groups excluding tert-OH is 1. The molecule has 37 heavy (non-hydrogen) atoms. The van der Waals surface area contributed by atoms with E-state index in [1.54, 1.807) is 29.8 Å². The number of amides is 2. The van der Waals surface area contributed by atoms with Gasteiger partial charge in [0.05, 0.1) is 24.8 Å². The van der Waals surface area contributed by atoms with E-state index >= 15 is 0 Å². The number of benzene rings is 2. The molecule has 3 N–H and O–H groups in total. The zero-order valence-corrected chi connectivity index (χ0v) is 20.4. The molecule has 3 heterocycles. The van der Waals surface area contributed by atoms with Crippen molar-refractivity contribution in [2.45, 2.75) is 31.4 Å². The lowest BCUT2D eigenvalue weighted by Gasteiger charge is -2.27. The number of carbonyl (C=O) groups is 2. The van der Waals surface area contributed by atoms with E-state index in [1.165, 1.54) is 4.90 Å². The molecule has 2 aliphatic rings. The summed E-state index contributed by atoms with van der Waals surface area (Å²) < 4.78 is 6.72. The van der Waals surface area contributed by atoms with Crippen LogP contribution >= 0.6 is 0 Å². The van der Waals surface area contributed by atoms with Crippen LogP contribution in [0.25, 0.3) is 0 Å². The van der Waals surface area contributed by atoms with Crippen LogP contribution in [0.4, 0.5) is 16.2 Å². The van der Waals surface area contributed by atoms with Gasteiger partial charge >= 0.3 is 6.09 Å². The van der Waals surface area contributed by atoms with Crippen LogP contribution in [-0.2, 0) is 21.7 Å². The molecule has 2 aromatic carbocycles. The topological polar surface area (TPSA) is 130 Å². The number of fused-ring (bicyclic) bond motifs is 1. The van der Waals surface area contributed by atoms with E-state index in [1.807, 2.05) is 48.7 Å². The number of aromatic nitrogens is 3. The zero-order valence-electron chi connectivity index (χ0n) is 20.4. The SMILES string of the molecule is C[C@@H](/C=C/CCn1cc(C(CO)c2ccccc2)nn1)[C@]1(O)C(=O)Nc2ccc(N3CCOC3=O)cc21. The maximum Gasteiger partial charge on any atom is 0.414 e. The standard InChI is InChI=1S/C27H29N5O5/c1-18(7-5-6-12-31-16-24(29-30-31)21(17-33)19-8-3-2-4-9-19)27(36)22-15-20(32-13-14-37-26(32)35)10-11-23(22)28-25(27)34/h2-5,7-11,15-16,18,21,33,36H,6,12-14,17H2,1H3,(H,28,34)/b7-5+/t18-,21?,27+/m0/s1. The fourth-order valence-corrected chi connectivity index (χ4v) is 4.83. The molecule has 10 nitrogen and oxygen atoms in total. The number of carbonyl (C=O) groups excluding carboxylic acids is 2. The number of cyclic esters (lactones) is 1. The van der Waals surface area contributed by atoms with Gasteiger partial charge in [-0.2, -0.15) is 0 Å². The Bertz CT molecular complexity index is 1320. The summed E-state index contributed by atoms with van der Waals surface area (Å²) >= 11 is 0. The highest BCUT2D eigenvalue weighted by atomic mass is 16.6. The number of aliphatic hydroxyl groups is 2. The number of rotatable bonds is 9. The van der Waals surface area contributed by atoms with Crippen molar-refractivity contribution >= 4 is 23.4 Å². The second kappa shape index (κ2) is 10.2. The van der Waals surface area contributed by atoms with E-state index in [0.717, 1.165) is 5.56 Å². The van der Waals surface area contributed by atoms with Crippen LogP contribution in [0, 0.1) is 5.92 Å². The smallest absolute Gasteiger partial charge is 0.414 e. The van der Waals surface area contributed by atoms with Crippen LogP contribution in [0.15, 0.2) is 66.9 Å². The number of allylic oxidation sites excluding steroid dienone is 1. The third-order valence-electron chi connectivity index (χ3n) is 6.99. The Morgan fingerprint density at radius 3 is 2.76 bits per heavy atom. The maximum absolute atomic E-state index is 12.8. The molecule has 3 aromatic rings. The summed E-state index contributed by atoms with van der Waals surface area (Å²) in [6.07, 6.45) is 5.69. The molecule has 1 unspecified atom stereocenters. The van der Waals surface area contributed by atoms with Crippen molar-refractivity contribution in [2.24, 2.45) is 5.92 Å². The van der Waals surface area contributed by atoms with Crippen LogP contribution in [0.2, 0.25) is 0 Å². The Balaban J connectivity index is 1.25. The first-order valence-electron chi connectivity index (χ1n) is 12.3. The monoisotopic (exact) mass is 503 g/mol. The second-order valence-electron chi connectivity index (χ2n) is 9.27. The van der Waals surface area contributed by atoms with Gasteiger partial charge < -0.3 is 20.3 Å². The molecule has 0 aliphatic carbocycles. The van der Waals surface area contributed by atoms with Crippen molar-refractivity contribution in [3.05, 3.63) is 83.7 Å². The first-order valence-corrected chi connectivity index (χ1v) is 12.3. The van der Waals surface area contributed by atoms with Crippen LogP contribution < -0.4 is 10.2 Å². The minimum atomic E-state index is -1.77. The fourth-order valence-electron chi connectivity index (χ4n) is 4.83. The fraction of sp³-hybridized carbons (Fsp3) is 0.333. The summed E-state index contributed by atoms with van der Waals surface area (Å²) in [5, 5.41) is 32.5. The molecule has 2 amide bonds. The van der Waals surface area contributed by atoms with Gasteiger partial charge in [-0.15, -0.1) is 5.10 Å². The van der Waals surface area contributed by atoms with Gasteiger partial charge in [-0.25, -0.2) is 4.79 Å². The lowest BCUT2D eigenvalue weighted by atomic mass is 9.82. The number of hydrogen-bond donors (Lipinski definition) is 3. The molecule has 2 aliphatic heterocycles. The van der Waals surface area contributed by atoms with Crippen molar-refractivity contribution in [3.8, 4) is 0 Å². The van der Waals surface area contributed by atoms with E-state index in [-0.39, 0.29) is 12.5 Å². The predicted molar refractivity (Wildman–Crippen MR) is 136 cm³/mol. The molecule has 3 atom stereocenters. The summed E-state index contributed by atoms with van der Waals surface area (Å²) in [5.41, 5.74) is 1.43. The van der Waals surface area contributed by atoms with Crippen molar-refractivity contribution in [1.29, 1.82) is 0 Å². The molecule has 0 saturated carbocycles. The van der Waals surface area contributed by atoms with Gasteiger partial charge in [0.25, 0.3) is 5.91 Å². The highest BCUT2D eigenvalue weighted by Gasteiger charge is 2.49. The van der Waals surface area contributed by atoms with Gasteiger partial charge in [0.1, 0.15) is 6.61 Å². The molecule has 192 valence electrons. The summed E-state index contributed by atoms with van der Waals surface area (Å²) in [7, 11) is 0. The summed E-state index contributed by atoms with van der Waals surface area (Å²) in [5.74, 6) is -1.27. The second-order valence-corrected chi connectivity index (χ2v) is 9.27. The number of aryl methyl sites for hydroxylation is 1. The van der Waals surface area contributed by atoms with Gasteiger partial charge in [-0.05, 0) is 30.2 Å². The minimum Gasteiger partial charge on any atom is -0.447 e. The van der Waals surface area contributed by atoms with Crippen LogP contribution in [-0.4, -0.2) is 57.0 Å². The molecule has 1 fully saturated rings. The van der Waals surface area contributed by atoms with Gasteiger partial charge in [0, 0.05) is 35.6 Å².